The highest BCUT2D eigenvalue weighted by atomic mass is 35.5. The summed E-state index contributed by atoms with van der Waals surface area (Å²) in [5.41, 5.74) is 2.37. The summed E-state index contributed by atoms with van der Waals surface area (Å²) in [6.07, 6.45) is 0.769. The van der Waals surface area contributed by atoms with E-state index in [4.69, 9.17) is 11.6 Å². The van der Waals surface area contributed by atoms with Gasteiger partial charge in [-0.15, -0.1) is 0 Å². The molecule has 2 heterocycles. The number of hydrogen-bond donors (Lipinski definition) is 3. The molecule has 0 saturated carbocycles. The molecule has 1 aromatic heterocycles. The van der Waals surface area contributed by atoms with Gasteiger partial charge >= 0.3 is 0 Å². The van der Waals surface area contributed by atoms with Gasteiger partial charge in [0.2, 0.25) is 11.8 Å². The second-order valence-electron chi connectivity index (χ2n) is 7.36. The SMILES string of the molecule is CCc1ccc(NC(=O)[C@@H]2CC(=O)Nc3nc(SCc4ccccc4Cl)[nH]c(=O)c32)cc1. The van der Waals surface area contributed by atoms with Crippen LogP contribution in [0.1, 0.15) is 36.0 Å². The number of amides is 2. The summed E-state index contributed by atoms with van der Waals surface area (Å²) in [4.78, 5) is 45.1. The number of aromatic nitrogens is 2. The maximum Gasteiger partial charge on any atom is 0.257 e. The van der Waals surface area contributed by atoms with Crippen molar-refractivity contribution in [3.63, 3.8) is 0 Å². The van der Waals surface area contributed by atoms with Gasteiger partial charge in [0.25, 0.3) is 5.56 Å². The number of nitrogens with zero attached hydrogens (tertiary/aromatic N) is 1. The van der Waals surface area contributed by atoms with Crippen LogP contribution in [0.3, 0.4) is 0 Å². The Hall–Kier alpha value is -3.10. The normalized spacial score (nSPS) is 15.1. The first-order chi connectivity index (χ1) is 15.4. The monoisotopic (exact) mass is 468 g/mol. The van der Waals surface area contributed by atoms with Crippen molar-refractivity contribution in [2.24, 2.45) is 0 Å². The van der Waals surface area contributed by atoms with Gasteiger partial charge in [-0.2, -0.15) is 0 Å². The summed E-state index contributed by atoms with van der Waals surface area (Å²) in [6, 6.07) is 14.9. The molecule has 0 saturated heterocycles. The topological polar surface area (TPSA) is 104 Å². The lowest BCUT2D eigenvalue weighted by Crippen LogP contribution is -2.36. The van der Waals surface area contributed by atoms with Crippen LogP contribution in [0.4, 0.5) is 11.5 Å². The lowest BCUT2D eigenvalue weighted by atomic mass is 9.92. The van der Waals surface area contributed by atoms with E-state index in [-0.39, 0.29) is 23.7 Å². The second-order valence-corrected chi connectivity index (χ2v) is 8.73. The number of aryl methyl sites for hydroxylation is 1. The fourth-order valence-electron chi connectivity index (χ4n) is 3.46. The third kappa shape index (κ3) is 4.87. The highest BCUT2D eigenvalue weighted by Gasteiger charge is 2.34. The van der Waals surface area contributed by atoms with Crippen molar-refractivity contribution < 1.29 is 9.59 Å². The number of thioether (sulfide) groups is 1. The van der Waals surface area contributed by atoms with Gasteiger partial charge in [-0.05, 0) is 35.7 Å². The van der Waals surface area contributed by atoms with E-state index in [1.807, 2.05) is 37.3 Å². The third-order valence-electron chi connectivity index (χ3n) is 5.20. The molecule has 7 nitrogen and oxygen atoms in total. The van der Waals surface area contributed by atoms with Gasteiger partial charge in [-0.1, -0.05) is 60.6 Å². The smallest absolute Gasteiger partial charge is 0.257 e. The molecular weight excluding hydrogens is 448 g/mol. The summed E-state index contributed by atoms with van der Waals surface area (Å²) < 4.78 is 0. The van der Waals surface area contributed by atoms with Crippen molar-refractivity contribution in [3.05, 3.63) is 80.6 Å². The van der Waals surface area contributed by atoms with Gasteiger partial charge < -0.3 is 15.6 Å². The number of rotatable bonds is 6. The Morgan fingerprint density at radius 3 is 2.66 bits per heavy atom. The highest BCUT2D eigenvalue weighted by Crippen LogP contribution is 2.31. The molecule has 3 aromatic rings. The first kappa shape index (κ1) is 22.1. The summed E-state index contributed by atoms with van der Waals surface area (Å²) in [5, 5.41) is 6.39. The Morgan fingerprint density at radius 1 is 1.19 bits per heavy atom. The summed E-state index contributed by atoms with van der Waals surface area (Å²) in [5.74, 6) is -1.10. The third-order valence-corrected chi connectivity index (χ3v) is 6.49. The zero-order valence-corrected chi connectivity index (χ0v) is 18.8. The molecule has 1 atom stereocenters. The van der Waals surface area contributed by atoms with E-state index in [1.54, 1.807) is 18.2 Å². The lowest BCUT2D eigenvalue weighted by Gasteiger charge is -2.23. The Morgan fingerprint density at radius 2 is 1.94 bits per heavy atom. The van der Waals surface area contributed by atoms with E-state index in [0.29, 0.717) is 21.6 Å². The van der Waals surface area contributed by atoms with E-state index in [2.05, 4.69) is 20.6 Å². The largest absolute Gasteiger partial charge is 0.326 e. The van der Waals surface area contributed by atoms with Crippen LogP contribution >= 0.6 is 23.4 Å². The second kappa shape index (κ2) is 9.58. The van der Waals surface area contributed by atoms with Crippen molar-refractivity contribution in [3.8, 4) is 0 Å². The van der Waals surface area contributed by atoms with Gasteiger partial charge in [0.05, 0.1) is 11.5 Å². The number of aromatic amines is 1. The predicted molar refractivity (Wildman–Crippen MR) is 126 cm³/mol. The molecule has 2 amide bonds. The molecular formula is C23H21ClN4O3S. The average molecular weight is 469 g/mol. The van der Waals surface area contributed by atoms with Crippen LogP contribution in [0.5, 0.6) is 0 Å². The maximum absolute atomic E-state index is 12.9. The van der Waals surface area contributed by atoms with Gasteiger partial charge in [-0.25, -0.2) is 4.98 Å². The van der Waals surface area contributed by atoms with Crippen molar-refractivity contribution in [2.75, 3.05) is 10.6 Å². The molecule has 0 fully saturated rings. The van der Waals surface area contributed by atoms with Crippen molar-refractivity contribution in [1.82, 2.24) is 9.97 Å². The fourth-order valence-corrected chi connectivity index (χ4v) is 4.60. The summed E-state index contributed by atoms with van der Waals surface area (Å²) >= 11 is 7.48. The van der Waals surface area contributed by atoms with Crippen LogP contribution in [0, 0.1) is 0 Å². The maximum atomic E-state index is 12.9. The van der Waals surface area contributed by atoms with E-state index >= 15 is 0 Å². The fraction of sp³-hybridized carbons (Fsp3) is 0.217. The van der Waals surface area contributed by atoms with Crippen LogP contribution in [-0.4, -0.2) is 21.8 Å². The number of halogens is 1. The summed E-state index contributed by atoms with van der Waals surface area (Å²) in [7, 11) is 0. The van der Waals surface area contributed by atoms with Gasteiger partial charge in [0.15, 0.2) is 5.16 Å². The number of benzene rings is 2. The minimum Gasteiger partial charge on any atom is -0.326 e. The Balaban J connectivity index is 1.56. The molecule has 4 rings (SSSR count). The molecule has 32 heavy (non-hydrogen) atoms. The lowest BCUT2D eigenvalue weighted by molar-refractivity contribution is -0.123. The predicted octanol–water partition coefficient (Wildman–Crippen LogP) is 4.34. The number of anilines is 2. The van der Waals surface area contributed by atoms with Crippen molar-refractivity contribution in [2.45, 2.75) is 36.6 Å². The van der Waals surface area contributed by atoms with E-state index in [1.165, 1.54) is 11.8 Å². The van der Waals surface area contributed by atoms with E-state index in [0.717, 1.165) is 17.5 Å². The number of nitrogens with one attached hydrogen (secondary N) is 3. The molecule has 0 spiro atoms. The van der Waals surface area contributed by atoms with Crippen LogP contribution < -0.4 is 16.2 Å². The van der Waals surface area contributed by atoms with Gasteiger partial charge in [-0.3, -0.25) is 14.4 Å². The standard InChI is InChI=1S/C23H21ClN4O3S/c1-2-13-7-9-15(10-8-13)25-21(30)16-11-18(29)26-20-19(16)22(31)28-23(27-20)32-12-14-5-3-4-6-17(14)24/h3-10,16H,2,11-12H2,1H3,(H,25,30)(H2,26,27,28,29,31)/t16-/m1/s1. The molecule has 1 aliphatic heterocycles. The minimum atomic E-state index is -0.927. The Kier molecular flexibility index (Phi) is 6.62. The molecule has 0 aliphatic carbocycles. The Bertz CT molecular complexity index is 1230. The van der Waals surface area contributed by atoms with Crippen LogP contribution in [0.15, 0.2) is 58.5 Å². The first-order valence-corrected chi connectivity index (χ1v) is 11.5. The Labute approximate surface area is 194 Å². The average Bonchev–Trinajstić information content (AvgIpc) is 2.78. The van der Waals surface area contributed by atoms with Crippen LogP contribution in [0.2, 0.25) is 5.02 Å². The zero-order chi connectivity index (χ0) is 22.7. The zero-order valence-electron chi connectivity index (χ0n) is 17.3. The van der Waals surface area contributed by atoms with Crippen molar-refractivity contribution in [1.29, 1.82) is 0 Å². The molecule has 9 heteroatoms. The number of carbonyl (C=O) groups is 2. The van der Waals surface area contributed by atoms with Gasteiger partial charge in [0.1, 0.15) is 5.82 Å². The number of fused-ring (bicyclic) bond motifs is 1. The number of hydrogen-bond acceptors (Lipinski definition) is 5. The molecule has 2 aromatic carbocycles. The van der Waals surface area contributed by atoms with E-state index in [9.17, 15) is 14.4 Å². The van der Waals surface area contributed by atoms with Crippen molar-refractivity contribution >= 4 is 46.7 Å². The molecule has 3 N–H and O–H groups in total. The summed E-state index contributed by atoms with van der Waals surface area (Å²) in [6.45, 7) is 2.05. The molecule has 0 bridgehead atoms. The molecule has 0 unspecified atom stereocenters. The quantitative estimate of drug-likeness (QED) is 0.368. The highest BCUT2D eigenvalue weighted by molar-refractivity contribution is 7.98. The molecule has 164 valence electrons. The van der Waals surface area contributed by atoms with Gasteiger partial charge in [0, 0.05) is 22.9 Å². The van der Waals surface area contributed by atoms with Crippen LogP contribution in [-0.2, 0) is 21.8 Å². The molecule has 1 aliphatic rings. The molecule has 0 radical (unpaired) electrons. The first-order valence-electron chi connectivity index (χ1n) is 10.1. The minimum absolute atomic E-state index is 0.119. The van der Waals surface area contributed by atoms with E-state index < -0.39 is 17.4 Å². The number of H-pyrrole nitrogens is 1. The van der Waals surface area contributed by atoms with Crippen LogP contribution in [0.25, 0.3) is 0 Å². The number of carbonyl (C=O) groups excluding carboxylic acids is 2.